The molecule has 124 valence electrons. The van der Waals surface area contributed by atoms with Gasteiger partial charge in [-0.1, -0.05) is 32.9 Å². The van der Waals surface area contributed by atoms with E-state index in [1.165, 1.54) is 6.20 Å². The Labute approximate surface area is 134 Å². The Morgan fingerprint density at radius 3 is 2.70 bits per heavy atom. The highest BCUT2D eigenvalue weighted by molar-refractivity contribution is 5.93. The van der Waals surface area contributed by atoms with E-state index < -0.39 is 11.5 Å². The van der Waals surface area contributed by atoms with Gasteiger partial charge in [0.25, 0.3) is 11.5 Å². The number of aromatic amines is 1. The van der Waals surface area contributed by atoms with E-state index in [2.05, 4.69) is 34.3 Å². The van der Waals surface area contributed by atoms with Gasteiger partial charge in [-0.2, -0.15) is 0 Å². The summed E-state index contributed by atoms with van der Waals surface area (Å²) in [6.45, 7) is 8.19. The predicted molar refractivity (Wildman–Crippen MR) is 85.2 cm³/mol. The van der Waals surface area contributed by atoms with Crippen LogP contribution < -0.4 is 10.9 Å². The fraction of sp³-hybridized carbons (Fsp3) is 0.500. The van der Waals surface area contributed by atoms with Crippen molar-refractivity contribution >= 4 is 5.91 Å². The number of carbonyl (C=O) groups excluding carboxylic acids is 1. The minimum atomic E-state index is -0.490. The third-order valence-electron chi connectivity index (χ3n) is 3.26. The lowest BCUT2D eigenvalue weighted by Crippen LogP contribution is -2.30. The lowest BCUT2D eigenvalue weighted by atomic mass is 10.1. The van der Waals surface area contributed by atoms with E-state index in [-0.39, 0.29) is 18.0 Å². The molecule has 0 radical (unpaired) electrons. The Hall–Kier alpha value is -2.44. The molecule has 0 atom stereocenters. The number of nitrogens with zero attached hydrogens (tertiary/aromatic N) is 2. The average molecular weight is 318 g/mol. The minimum absolute atomic E-state index is 0.0173. The van der Waals surface area contributed by atoms with Crippen molar-refractivity contribution in [3.8, 4) is 0 Å². The smallest absolute Gasteiger partial charge is 0.263 e. The molecule has 0 aliphatic rings. The minimum Gasteiger partial charge on any atom is -0.359 e. The molecule has 1 amide bonds. The first-order valence-electron chi connectivity index (χ1n) is 7.68. The molecule has 7 heteroatoms. The van der Waals surface area contributed by atoms with Gasteiger partial charge in [-0.25, -0.2) is 4.98 Å². The number of hydrogen-bond donors (Lipinski definition) is 2. The van der Waals surface area contributed by atoms with Crippen molar-refractivity contribution in [2.45, 2.75) is 46.6 Å². The molecule has 0 fully saturated rings. The van der Waals surface area contributed by atoms with Crippen molar-refractivity contribution in [1.29, 1.82) is 0 Å². The van der Waals surface area contributed by atoms with Crippen molar-refractivity contribution in [3.63, 3.8) is 0 Å². The number of aromatic nitrogens is 3. The molecule has 0 saturated carbocycles. The number of carbonyl (C=O) groups is 1. The standard InChI is InChI=1S/C16H22N4O3/c1-9(2)5-11-6-12(23-20-11)7-18-15(21)13-8-17-14(10(3)4)19-16(13)22/h6,8-10H,5,7H2,1-4H3,(H,18,21)(H,17,19,22). The van der Waals surface area contributed by atoms with Gasteiger partial charge in [-0.15, -0.1) is 0 Å². The van der Waals surface area contributed by atoms with Gasteiger partial charge < -0.3 is 14.8 Å². The maximum Gasteiger partial charge on any atom is 0.263 e. The molecule has 2 N–H and O–H groups in total. The number of hydrogen-bond acceptors (Lipinski definition) is 5. The monoisotopic (exact) mass is 318 g/mol. The first kappa shape index (κ1) is 16.9. The van der Waals surface area contributed by atoms with Crippen LogP contribution in [-0.4, -0.2) is 21.0 Å². The fourth-order valence-electron chi connectivity index (χ4n) is 2.08. The van der Waals surface area contributed by atoms with Crippen LogP contribution in [0.4, 0.5) is 0 Å². The SMILES string of the molecule is CC(C)Cc1cc(CNC(=O)c2cnc(C(C)C)[nH]c2=O)on1. The van der Waals surface area contributed by atoms with E-state index in [0.717, 1.165) is 12.1 Å². The van der Waals surface area contributed by atoms with Crippen LogP contribution in [0.3, 0.4) is 0 Å². The molecule has 2 aromatic heterocycles. The van der Waals surface area contributed by atoms with Crippen molar-refractivity contribution < 1.29 is 9.32 Å². The second-order valence-corrected chi connectivity index (χ2v) is 6.23. The molecule has 0 aliphatic heterocycles. The Morgan fingerprint density at radius 1 is 1.35 bits per heavy atom. The molecule has 2 heterocycles. The number of H-pyrrole nitrogens is 1. The summed E-state index contributed by atoms with van der Waals surface area (Å²) in [4.78, 5) is 30.7. The molecule has 0 spiro atoms. The summed E-state index contributed by atoms with van der Waals surface area (Å²) in [5.74, 6) is 1.19. The van der Waals surface area contributed by atoms with Gasteiger partial charge in [-0.3, -0.25) is 9.59 Å². The van der Waals surface area contributed by atoms with Gasteiger partial charge in [0, 0.05) is 18.2 Å². The summed E-state index contributed by atoms with van der Waals surface area (Å²) in [7, 11) is 0. The van der Waals surface area contributed by atoms with Gasteiger partial charge in [0.15, 0.2) is 5.76 Å². The van der Waals surface area contributed by atoms with Gasteiger partial charge in [0.05, 0.1) is 12.2 Å². The third-order valence-corrected chi connectivity index (χ3v) is 3.26. The molecule has 23 heavy (non-hydrogen) atoms. The van der Waals surface area contributed by atoms with Gasteiger partial charge >= 0.3 is 0 Å². The maximum absolute atomic E-state index is 12.1. The van der Waals surface area contributed by atoms with E-state index in [0.29, 0.717) is 17.5 Å². The molecule has 0 bridgehead atoms. The summed E-state index contributed by atoms with van der Waals surface area (Å²) >= 11 is 0. The van der Waals surface area contributed by atoms with Crippen LogP contribution >= 0.6 is 0 Å². The van der Waals surface area contributed by atoms with E-state index >= 15 is 0 Å². The zero-order chi connectivity index (χ0) is 17.0. The lowest BCUT2D eigenvalue weighted by molar-refractivity contribution is 0.0945. The zero-order valence-electron chi connectivity index (χ0n) is 13.8. The van der Waals surface area contributed by atoms with Crippen LogP contribution in [0.15, 0.2) is 21.6 Å². The molecule has 2 rings (SSSR count). The first-order chi connectivity index (χ1) is 10.9. The van der Waals surface area contributed by atoms with Crippen molar-refractivity contribution in [3.05, 3.63) is 45.5 Å². The third kappa shape index (κ3) is 4.51. The second-order valence-electron chi connectivity index (χ2n) is 6.23. The molecular formula is C16H22N4O3. The summed E-state index contributed by atoms with van der Waals surface area (Å²) in [6.07, 6.45) is 2.12. The summed E-state index contributed by atoms with van der Waals surface area (Å²) in [5.41, 5.74) is 0.389. The quantitative estimate of drug-likeness (QED) is 0.848. The predicted octanol–water partition coefficient (Wildman–Crippen LogP) is 2.01. The van der Waals surface area contributed by atoms with Crippen LogP contribution in [0.25, 0.3) is 0 Å². The number of amides is 1. The number of rotatable bonds is 6. The van der Waals surface area contributed by atoms with Crippen LogP contribution in [0.5, 0.6) is 0 Å². The topological polar surface area (TPSA) is 101 Å². The van der Waals surface area contributed by atoms with E-state index in [4.69, 9.17) is 4.52 Å². The number of nitrogens with one attached hydrogen (secondary N) is 2. The molecule has 0 aromatic carbocycles. The molecule has 2 aromatic rings. The summed E-state index contributed by atoms with van der Waals surface area (Å²) in [6, 6.07) is 1.81. The molecule has 0 saturated heterocycles. The molecular weight excluding hydrogens is 296 g/mol. The van der Waals surface area contributed by atoms with Crippen LogP contribution in [0.1, 0.15) is 61.2 Å². The summed E-state index contributed by atoms with van der Waals surface area (Å²) in [5, 5.41) is 6.59. The van der Waals surface area contributed by atoms with E-state index in [1.54, 1.807) is 0 Å². The van der Waals surface area contributed by atoms with E-state index in [9.17, 15) is 9.59 Å². The Bertz CT molecular complexity index is 731. The van der Waals surface area contributed by atoms with Crippen LogP contribution in [0, 0.1) is 5.92 Å². The van der Waals surface area contributed by atoms with E-state index in [1.807, 2.05) is 19.9 Å². The highest BCUT2D eigenvalue weighted by Gasteiger charge is 2.14. The van der Waals surface area contributed by atoms with Crippen molar-refractivity contribution in [1.82, 2.24) is 20.4 Å². The maximum atomic E-state index is 12.1. The Kier molecular flexibility index (Phi) is 5.31. The molecule has 0 unspecified atom stereocenters. The normalized spacial score (nSPS) is 11.2. The molecule has 7 nitrogen and oxygen atoms in total. The highest BCUT2D eigenvalue weighted by atomic mass is 16.5. The zero-order valence-corrected chi connectivity index (χ0v) is 13.8. The van der Waals surface area contributed by atoms with Gasteiger partial charge in [0.1, 0.15) is 11.4 Å². The highest BCUT2D eigenvalue weighted by Crippen LogP contribution is 2.09. The van der Waals surface area contributed by atoms with Gasteiger partial charge in [0.2, 0.25) is 0 Å². The Balaban J connectivity index is 2.00. The second kappa shape index (κ2) is 7.21. The summed E-state index contributed by atoms with van der Waals surface area (Å²) < 4.78 is 5.17. The largest absolute Gasteiger partial charge is 0.359 e. The fourth-order valence-corrected chi connectivity index (χ4v) is 2.08. The molecule has 0 aliphatic carbocycles. The van der Waals surface area contributed by atoms with Crippen molar-refractivity contribution in [2.75, 3.05) is 0 Å². The lowest BCUT2D eigenvalue weighted by Gasteiger charge is -2.05. The van der Waals surface area contributed by atoms with Crippen molar-refractivity contribution in [2.24, 2.45) is 5.92 Å². The van der Waals surface area contributed by atoms with Crippen LogP contribution in [-0.2, 0) is 13.0 Å². The van der Waals surface area contributed by atoms with Crippen LogP contribution in [0.2, 0.25) is 0 Å². The first-order valence-corrected chi connectivity index (χ1v) is 7.68. The van der Waals surface area contributed by atoms with Gasteiger partial charge in [-0.05, 0) is 12.3 Å². The Morgan fingerprint density at radius 2 is 2.09 bits per heavy atom. The average Bonchev–Trinajstić information content (AvgIpc) is 2.91.